The van der Waals surface area contributed by atoms with Gasteiger partial charge in [-0.1, -0.05) is 0 Å². The average molecular weight is 185 g/mol. The molecule has 1 fully saturated rings. The molecule has 1 aliphatic carbocycles. The number of ether oxygens (including phenoxy) is 1. The van der Waals surface area contributed by atoms with Gasteiger partial charge in [-0.05, 0) is 32.6 Å². The van der Waals surface area contributed by atoms with Gasteiger partial charge < -0.3 is 9.64 Å². The second-order valence-electron chi connectivity index (χ2n) is 4.08. The number of hydrogen-bond donors (Lipinski definition) is 0. The van der Waals surface area contributed by atoms with E-state index in [4.69, 9.17) is 4.74 Å². The Labute approximate surface area is 80.1 Å². The molecule has 0 aromatic rings. The molecule has 0 aliphatic heterocycles. The van der Waals surface area contributed by atoms with Crippen molar-refractivity contribution in [3.05, 3.63) is 0 Å². The van der Waals surface area contributed by atoms with Crippen LogP contribution in [0.4, 0.5) is 0 Å². The molecular weight excluding hydrogens is 166 g/mol. The highest BCUT2D eigenvalue weighted by molar-refractivity contribution is 5.77. The van der Waals surface area contributed by atoms with E-state index < -0.39 is 0 Å². The molecule has 1 rings (SSSR count). The zero-order valence-electron chi connectivity index (χ0n) is 8.75. The van der Waals surface area contributed by atoms with Crippen LogP contribution in [0.25, 0.3) is 0 Å². The highest BCUT2D eigenvalue weighted by Crippen LogP contribution is 2.29. The number of rotatable bonds is 5. The molecule has 0 bridgehead atoms. The van der Waals surface area contributed by atoms with Gasteiger partial charge in [-0.15, -0.1) is 0 Å². The molecular formula is C10H19NO2. The third kappa shape index (κ3) is 4.27. The highest BCUT2D eigenvalue weighted by Gasteiger charge is 2.24. The van der Waals surface area contributed by atoms with Crippen LogP contribution in [0.2, 0.25) is 0 Å². The lowest BCUT2D eigenvalue weighted by Gasteiger charge is -2.17. The fourth-order valence-electron chi connectivity index (χ4n) is 1.14. The molecule has 3 heteroatoms. The second-order valence-corrected chi connectivity index (χ2v) is 4.08. The lowest BCUT2D eigenvalue weighted by Crippen LogP contribution is -2.32. The van der Waals surface area contributed by atoms with Crippen LogP contribution in [-0.2, 0) is 9.53 Å². The first-order chi connectivity index (χ1) is 6.09. The molecule has 0 spiro atoms. The van der Waals surface area contributed by atoms with Crippen molar-refractivity contribution in [2.45, 2.75) is 32.8 Å². The Bertz CT molecular complexity index is 176. The predicted molar refractivity (Wildman–Crippen MR) is 51.4 cm³/mol. The van der Waals surface area contributed by atoms with E-state index in [1.54, 1.807) is 4.90 Å². The second kappa shape index (κ2) is 4.61. The van der Waals surface area contributed by atoms with Gasteiger partial charge in [-0.2, -0.15) is 0 Å². The topological polar surface area (TPSA) is 29.5 Å². The minimum absolute atomic E-state index is 0.0978. The van der Waals surface area contributed by atoms with E-state index in [1.165, 1.54) is 12.8 Å². The number of nitrogens with zero attached hydrogens (tertiary/aromatic N) is 1. The molecule has 0 saturated heterocycles. The fraction of sp³-hybridized carbons (Fsp3) is 0.900. The summed E-state index contributed by atoms with van der Waals surface area (Å²) in [6.07, 6.45) is 2.70. The molecule has 1 amide bonds. The van der Waals surface area contributed by atoms with Gasteiger partial charge in [-0.25, -0.2) is 0 Å². The Balaban J connectivity index is 2.13. The van der Waals surface area contributed by atoms with Crippen LogP contribution in [0.3, 0.4) is 0 Å². The van der Waals surface area contributed by atoms with Crippen LogP contribution in [0.1, 0.15) is 26.7 Å². The van der Waals surface area contributed by atoms with E-state index in [2.05, 4.69) is 0 Å². The van der Waals surface area contributed by atoms with Crippen molar-refractivity contribution in [2.24, 2.45) is 5.92 Å². The molecule has 0 heterocycles. The monoisotopic (exact) mass is 185 g/mol. The SMILES string of the molecule is CC(C)OCC(=O)N(C)CC1CC1. The van der Waals surface area contributed by atoms with Crippen molar-refractivity contribution in [1.29, 1.82) is 0 Å². The summed E-state index contributed by atoms with van der Waals surface area (Å²) >= 11 is 0. The van der Waals surface area contributed by atoms with Crippen molar-refractivity contribution in [3.63, 3.8) is 0 Å². The smallest absolute Gasteiger partial charge is 0.248 e. The standard InChI is InChI=1S/C10H19NO2/c1-8(2)13-7-10(12)11(3)6-9-4-5-9/h8-9H,4-7H2,1-3H3. The minimum Gasteiger partial charge on any atom is -0.369 e. The summed E-state index contributed by atoms with van der Waals surface area (Å²) in [6, 6.07) is 0. The van der Waals surface area contributed by atoms with E-state index >= 15 is 0 Å². The molecule has 1 saturated carbocycles. The molecule has 13 heavy (non-hydrogen) atoms. The molecule has 0 aromatic heterocycles. The van der Waals surface area contributed by atoms with Crippen molar-refractivity contribution < 1.29 is 9.53 Å². The third-order valence-corrected chi connectivity index (χ3v) is 2.19. The van der Waals surface area contributed by atoms with Crippen molar-refractivity contribution in [2.75, 3.05) is 20.2 Å². The van der Waals surface area contributed by atoms with E-state index in [-0.39, 0.29) is 18.6 Å². The molecule has 76 valence electrons. The van der Waals surface area contributed by atoms with E-state index in [9.17, 15) is 4.79 Å². The van der Waals surface area contributed by atoms with Gasteiger partial charge in [0.05, 0.1) is 6.10 Å². The van der Waals surface area contributed by atoms with Gasteiger partial charge in [-0.3, -0.25) is 4.79 Å². The van der Waals surface area contributed by atoms with Crippen LogP contribution in [0.15, 0.2) is 0 Å². The van der Waals surface area contributed by atoms with Crippen LogP contribution < -0.4 is 0 Å². The Hall–Kier alpha value is -0.570. The Morgan fingerprint density at radius 2 is 2.15 bits per heavy atom. The largest absolute Gasteiger partial charge is 0.369 e. The first-order valence-corrected chi connectivity index (χ1v) is 4.95. The van der Waals surface area contributed by atoms with Gasteiger partial charge in [0.1, 0.15) is 6.61 Å². The molecule has 0 atom stereocenters. The highest BCUT2D eigenvalue weighted by atomic mass is 16.5. The molecule has 1 aliphatic rings. The fourth-order valence-corrected chi connectivity index (χ4v) is 1.14. The number of hydrogen-bond acceptors (Lipinski definition) is 2. The minimum atomic E-state index is 0.0978. The van der Waals surface area contributed by atoms with Crippen LogP contribution in [0.5, 0.6) is 0 Å². The quantitative estimate of drug-likeness (QED) is 0.645. The zero-order chi connectivity index (χ0) is 9.84. The molecule has 0 aromatic carbocycles. The van der Waals surface area contributed by atoms with E-state index in [0.717, 1.165) is 12.5 Å². The van der Waals surface area contributed by atoms with E-state index in [1.807, 2.05) is 20.9 Å². The maximum atomic E-state index is 11.4. The maximum absolute atomic E-state index is 11.4. The first-order valence-electron chi connectivity index (χ1n) is 4.95. The van der Waals surface area contributed by atoms with Gasteiger partial charge >= 0.3 is 0 Å². The van der Waals surface area contributed by atoms with Gasteiger partial charge in [0.25, 0.3) is 0 Å². The molecule has 0 radical (unpaired) electrons. The van der Waals surface area contributed by atoms with Crippen LogP contribution in [0, 0.1) is 5.92 Å². The van der Waals surface area contributed by atoms with Gasteiger partial charge in [0.2, 0.25) is 5.91 Å². The maximum Gasteiger partial charge on any atom is 0.248 e. The van der Waals surface area contributed by atoms with E-state index in [0.29, 0.717) is 0 Å². The summed E-state index contributed by atoms with van der Waals surface area (Å²) in [4.78, 5) is 13.2. The van der Waals surface area contributed by atoms with Crippen LogP contribution in [-0.4, -0.2) is 37.1 Å². The Morgan fingerprint density at radius 1 is 1.54 bits per heavy atom. The molecule has 3 nitrogen and oxygen atoms in total. The summed E-state index contributed by atoms with van der Waals surface area (Å²) in [5, 5.41) is 0. The number of likely N-dealkylation sites (N-methyl/N-ethyl adjacent to an activating group) is 1. The first kappa shape index (κ1) is 10.5. The Morgan fingerprint density at radius 3 is 2.62 bits per heavy atom. The van der Waals surface area contributed by atoms with Crippen molar-refractivity contribution >= 4 is 5.91 Å². The Kier molecular flexibility index (Phi) is 3.72. The van der Waals surface area contributed by atoms with Gasteiger partial charge in [0.15, 0.2) is 0 Å². The predicted octanol–water partition coefficient (Wildman–Crippen LogP) is 1.28. The third-order valence-electron chi connectivity index (χ3n) is 2.19. The number of carbonyl (C=O) groups excluding carboxylic acids is 1. The zero-order valence-corrected chi connectivity index (χ0v) is 8.75. The number of carbonyl (C=O) groups is 1. The lowest BCUT2D eigenvalue weighted by molar-refractivity contribution is -0.136. The van der Waals surface area contributed by atoms with Crippen LogP contribution >= 0.6 is 0 Å². The normalized spacial score (nSPS) is 16.3. The summed E-state index contributed by atoms with van der Waals surface area (Å²) in [5.74, 6) is 0.855. The number of amides is 1. The summed E-state index contributed by atoms with van der Waals surface area (Å²) in [7, 11) is 1.85. The average Bonchev–Trinajstić information content (AvgIpc) is 2.83. The van der Waals surface area contributed by atoms with Crippen molar-refractivity contribution in [1.82, 2.24) is 4.90 Å². The van der Waals surface area contributed by atoms with Crippen molar-refractivity contribution in [3.8, 4) is 0 Å². The summed E-state index contributed by atoms with van der Waals surface area (Å²) in [6.45, 7) is 5.00. The lowest BCUT2D eigenvalue weighted by atomic mass is 10.4. The summed E-state index contributed by atoms with van der Waals surface area (Å²) < 4.78 is 5.24. The summed E-state index contributed by atoms with van der Waals surface area (Å²) in [5.41, 5.74) is 0. The molecule has 0 N–H and O–H groups in total. The van der Waals surface area contributed by atoms with Gasteiger partial charge in [0, 0.05) is 13.6 Å². The molecule has 0 unspecified atom stereocenters.